The highest BCUT2D eigenvalue weighted by Gasteiger charge is 2.31. The molecule has 17 heteroatoms. The standard InChI is InChI=1S/C30H36F3N3O4.C27H30F3NO3/c1-2-3-4-5-6-7-8-9-10-14-26-34-27(40-35-26)24-13-11-12-23(19-24)21-36(28(37)29(38)39)20-22-15-17-25(18-16-22)30(31,32)33;1-2-3-4-5-6-7-8-9-10-21-11-13-22(14-12-21)19-31(25(32)26(33)34)20-23-15-17-24(18-16-23)27(28,29)30/h11-13,15-19H,2-10,14,20-21H2,1H3,(H,38,39);11-18H,2-8,19-20H2,1H3,(H,33,34). The lowest BCUT2D eigenvalue weighted by atomic mass is 10.1. The van der Waals surface area contributed by atoms with Crippen molar-refractivity contribution < 1.29 is 60.3 Å². The van der Waals surface area contributed by atoms with Crippen molar-refractivity contribution in [2.45, 2.75) is 162 Å². The van der Waals surface area contributed by atoms with Crippen molar-refractivity contribution in [1.82, 2.24) is 19.9 Å². The number of alkyl halides is 6. The molecule has 0 atom stereocenters. The lowest BCUT2D eigenvalue weighted by molar-refractivity contribution is -0.156. The van der Waals surface area contributed by atoms with Gasteiger partial charge in [-0.2, -0.15) is 31.3 Å². The summed E-state index contributed by atoms with van der Waals surface area (Å²) in [7, 11) is 0. The fourth-order valence-corrected chi connectivity index (χ4v) is 7.87. The maximum absolute atomic E-state index is 12.9. The second-order valence-electron chi connectivity index (χ2n) is 18.1. The second-order valence-corrected chi connectivity index (χ2v) is 18.1. The van der Waals surface area contributed by atoms with Gasteiger partial charge in [0.05, 0.1) is 11.1 Å². The summed E-state index contributed by atoms with van der Waals surface area (Å²) in [5.41, 5.74) is 1.91. The van der Waals surface area contributed by atoms with E-state index in [1.807, 2.05) is 12.1 Å². The minimum atomic E-state index is -4.49. The predicted molar refractivity (Wildman–Crippen MR) is 269 cm³/mol. The Balaban J connectivity index is 0.000000325. The number of benzene rings is 4. The number of nitrogens with zero attached hydrogens (tertiary/aromatic N) is 4. The number of aliphatic carboxylic acids is 2. The van der Waals surface area contributed by atoms with Gasteiger partial charge in [-0.3, -0.25) is 9.59 Å². The van der Waals surface area contributed by atoms with E-state index in [9.17, 15) is 50.6 Å². The lowest BCUT2D eigenvalue weighted by Crippen LogP contribution is -2.35. The molecule has 2 amide bonds. The van der Waals surface area contributed by atoms with Crippen LogP contribution in [0.4, 0.5) is 26.3 Å². The molecule has 1 heterocycles. The fraction of sp³-hybridized carbons (Fsp3) is 0.439. The number of aryl methyl sites for hydroxylation is 1. The van der Waals surface area contributed by atoms with Crippen LogP contribution in [0.25, 0.3) is 11.5 Å². The normalized spacial score (nSPS) is 11.2. The van der Waals surface area contributed by atoms with Gasteiger partial charge in [0, 0.05) is 50.1 Å². The molecule has 398 valence electrons. The van der Waals surface area contributed by atoms with Gasteiger partial charge in [-0.15, -0.1) is 0 Å². The summed E-state index contributed by atoms with van der Waals surface area (Å²) in [6.45, 7) is 4.06. The Labute approximate surface area is 429 Å². The third kappa shape index (κ3) is 21.6. The van der Waals surface area contributed by atoms with Crippen molar-refractivity contribution in [2.24, 2.45) is 0 Å². The summed E-state index contributed by atoms with van der Waals surface area (Å²) in [6, 6.07) is 22.7. The Hall–Kier alpha value is -6.96. The van der Waals surface area contributed by atoms with E-state index in [-0.39, 0.29) is 26.2 Å². The van der Waals surface area contributed by atoms with E-state index in [1.54, 1.807) is 36.4 Å². The maximum Gasteiger partial charge on any atom is 0.416 e. The van der Waals surface area contributed by atoms with Crippen LogP contribution in [0.2, 0.25) is 0 Å². The van der Waals surface area contributed by atoms with Crippen molar-refractivity contribution in [2.75, 3.05) is 0 Å². The molecule has 0 saturated carbocycles. The zero-order valence-electron chi connectivity index (χ0n) is 42.1. The van der Waals surface area contributed by atoms with Crippen LogP contribution in [0.3, 0.4) is 0 Å². The first-order valence-electron chi connectivity index (χ1n) is 25.2. The molecule has 74 heavy (non-hydrogen) atoms. The smallest absolute Gasteiger partial charge is 0.416 e. The third-order valence-electron chi connectivity index (χ3n) is 12.0. The molecule has 0 radical (unpaired) electrons. The van der Waals surface area contributed by atoms with Gasteiger partial charge >= 0.3 is 36.1 Å². The van der Waals surface area contributed by atoms with Gasteiger partial charge in [-0.25, -0.2) is 9.59 Å². The molecule has 0 aliphatic carbocycles. The number of halogens is 6. The molecule has 5 aromatic rings. The van der Waals surface area contributed by atoms with Crippen LogP contribution < -0.4 is 0 Å². The van der Waals surface area contributed by atoms with Gasteiger partial charge < -0.3 is 24.5 Å². The molecule has 0 fully saturated rings. The number of aromatic nitrogens is 2. The predicted octanol–water partition coefficient (Wildman–Crippen LogP) is 13.9. The van der Waals surface area contributed by atoms with Crippen LogP contribution in [-0.2, 0) is 64.1 Å². The van der Waals surface area contributed by atoms with Gasteiger partial charge in [-0.1, -0.05) is 163 Å². The third-order valence-corrected chi connectivity index (χ3v) is 12.0. The van der Waals surface area contributed by atoms with E-state index in [2.05, 4.69) is 35.8 Å². The summed E-state index contributed by atoms with van der Waals surface area (Å²) in [5.74, 6) is 1.66. The molecular weight excluding hydrogens is 967 g/mol. The zero-order valence-corrected chi connectivity index (χ0v) is 42.1. The minimum absolute atomic E-state index is 0.0115. The van der Waals surface area contributed by atoms with E-state index in [0.717, 1.165) is 65.3 Å². The molecule has 0 aliphatic rings. The van der Waals surface area contributed by atoms with E-state index in [0.29, 0.717) is 46.0 Å². The summed E-state index contributed by atoms with van der Waals surface area (Å²) in [4.78, 5) is 53.8. The highest BCUT2D eigenvalue weighted by molar-refractivity contribution is 6.31. The number of carboxylic acids is 2. The topological polar surface area (TPSA) is 154 Å². The second kappa shape index (κ2) is 30.9. The Morgan fingerprint density at radius 2 is 0.959 bits per heavy atom. The van der Waals surface area contributed by atoms with E-state index in [1.165, 1.54) is 101 Å². The highest BCUT2D eigenvalue weighted by Crippen LogP contribution is 2.31. The molecule has 11 nitrogen and oxygen atoms in total. The Kier molecular flexibility index (Phi) is 24.9. The number of unbranched alkanes of at least 4 members (excludes halogenated alkanes) is 14. The summed E-state index contributed by atoms with van der Waals surface area (Å²) >= 11 is 0. The van der Waals surface area contributed by atoms with Gasteiger partial charge in [0.1, 0.15) is 0 Å². The SMILES string of the molecule is CCCCCCCCC#Cc1ccc(CN(Cc2ccc(C(F)(F)F)cc2)C(=O)C(=O)O)cc1.CCCCCCCCCCCc1noc(-c2cccc(CN(Cc3ccc(C(F)(F)F)cc3)C(=O)C(=O)O)c2)n1. The largest absolute Gasteiger partial charge is 0.474 e. The molecule has 0 unspecified atom stereocenters. The molecule has 2 N–H and O–H groups in total. The maximum atomic E-state index is 12.9. The molecule has 5 rings (SSSR count). The number of hydrogen-bond acceptors (Lipinski definition) is 7. The zero-order chi connectivity index (χ0) is 53.9. The van der Waals surface area contributed by atoms with Crippen LogP contribution >= 0.6 is 0 Å². The number of hydrogen-bond donors (Lipinski definition) is 2. The summed E-state index contributed by atoms with van der Waals surface area (Å²) in [5, 5.41) is 22.5. The van der Waals surface area contributed by atoms with Crippen LogP contribution in [0.15, 0.2) is 102 Å². The van der Waals surface area contributed by atoms with Crippen LogP contribution in [0, 0.1) is 11.8 Å². The number of carboxylic acid groups (broad SMARTS) is 2. The fourth-order valence-electron chi connectivity index (χ4n) is 7.87. The molecule has 0 aliphatic heterocycles. The molecular formula is C57H66F6N4O7. The van der Waals surface area contributed by atoms with Gasteiger partial charge in [0.2, 0.25) is 0 Å². The Morgan fingerprint density at radius 1 is 0.541 bits per heavy atom. The van der Waals surface area contributed by atoms with Crippen LogP contribution in [-0.4, -0.2) is 53.9 Å². The average Bonchev–Trinajstić information content (AvgIpc) is 3.85. The highest BCUT2D eigenvalue weighted by atomic mass is 19.4. The van der Waals surface area contributed by atoms with E-state index >= 15 is 0 Å². The van der Waals surface area contributed by atoms with Crippen molar-refractivity contribution in [1.29, 1.82) is 0 Å². The molecule has 4 aromatic carbocycles. The number of carbonyl (C=O) groups excluding carboxylic acids is 2. The lowest BCUT2D eigenvalue weighted by Gasteiger charge is -2.21. The van der Waals surface area contributed by atoms with Crippen molar-refractivity contribution in [3.05, 3.63) is 142 Å². The number of rotatable bonds is 25. The van der Waals surface area contributed by atoms with Gasteiger partial charge in [-0.05, 0) is 83.6 Å². The quantitative estimate of drug-likeness (QED) is 0.0252. The Bertz CT molecular complexity index is 2570. The summed E-state index contributed by atoms with van der Waals surface area (Å²) in [6.07, 6.45) is 10.9. The first-order valence-corrected chi connectivity index (χ1v) is 25.2. The Morgan fingerprint density at radius 3 is 1.41 bits per heavy atom. The molecule has 0 bridgehead atoms. The van der Waals surface area contributed by atoms with Crippen LogP contribution in [0.1, 0.15) is 161 Å². The molecule has 0 spiro atoms. The first-order chi connectivity index (χ1) is 35.4. The minimum Gasteiger partial charge on any atom is -0.474 e. The van der Waals surface area contributed by atoms with Crippen molar-refractivity contribution >= 4 is 23.8 Å². The van der Waals surface area contributed by atoms with Crippen LogP contribution in [0.5, 0.6) is 0 Å². The van der Waals surface area contributed by atoms with Crippen molar-refractivity contribution in [3.63, 3.8) is 0 Å². The molecule has 1 aromatic heterocycles. The summed E-state index contributed by atoms with van der Waals surface area (Å²) < 4.78 is 82.3. The van der Waals surface area contributed by atoms with E-state index in [4.69, 9.17) is 9.63 Å². The van der Waals surface area contributed by atoms with Gasteiger partial charge in [0.25, 0.3) is 5.89 Å². The van der Waals surface area contributed by atoms with E-state index < -0.39 is 47.2 Å². The average molecular weight is 1030 g/mol. The van der Waals surface area contributed by atoms with Crippen molar-refractivity contribution in [3.8, 4) is 23.3 Å². The number of amides is 2. The molecule has 0 saturated heterocycles. The monoisotopic (exact) mass is 1030 g/mol. The van der Waals surface area contributed by atoms with Gasteiger partial charge in [0.15, 0.2) is 5.82 Å². The first kappa shape index (κ1) is 59.6. The number of carbonyl (C=O) groups is 4.